The minimum absolute atomic E-state index is 0.0544. The van der Waals surface area contributed by atoms with Crippen LogP contribution in [0.2, 0.25) is 0 Å². The highest BCUT2D eigenvalue weighted by atomic mass is 16.6. The minimum atomic E-state index is -0.679. The second-order valence-electron chi connectivity index (χ2n) is 3.81. The van der Waals surface area contributed by atoms with Gasteiger partial charge < -0.3 is 14.6 Å². The van der Waals surface area contributed by atoms with Gasteiger partial charge in [0.25, 0.3) is 0 Å². The zero-order valence-electron chi connectivity index (χ0n) is 10.2. The van der Waals surface area contributed by atoms with Gasteiger partial charge in [-0.1, -0.05) is 20.8 Å². The van der Waals surface area contributed by atoms with Gasteiger partial charge in [-0.25, -0.2) is 0 Å². The van der Waals surface area contributed by atoms with Crippen LogP contribution in [0.25, 0.3) is 0 Å². The van der Waals surface area contributed by atoms with Gasteiger partial charge >= 0.3 is 0 Å². The van der Waals surface area contributed by atoms with Crippen LogP contribution in [-0.4, -0.2) is 30.2 Å². The second-order valence-corrected chi connectivity index (χ2v) is 3.81. The number of hydrogen-bond donors (Lipinski definition) is 1. The van der Waals surface area contributed by atoms with Crippen molar-refractivity contribution in [3.63, 3.8) is 0 Å². The van der Waals surface area contributed by atoms with Crippen LogP contribution in [0.15, 0.2) is 0 Å². The van der Waals surface area contributed by atoms with Crippen LogP contribution in [0.4, 0.5) is 0 Å². The summed E-state index contributed by atoms with van der Waals surface area (Å²) in [4.78, 5) is 0. The molecule has 1 saturated heterocycles. The summed E-state index contributed by atoms with van der Waals surface area (Å²) in [5, 5.41) is 9.36. The van der Waals surface area contributed by atoms with Crippen molar-refractivity contribution in [2.45, 2.75) is 59.0 Å². The Kier molecular flexibility index (Phi) is 5.64. The third-order valence-corrected chi connectivity index (χ3v) is 3.09. The van der Waals surface area contributed by atoms with E-state index in [1.165, 1.54) is 0 Å². The Bertz CT molecular complexity index is 161. The maximum Gasteiger partial charge on any atom is 0.157 e. The van der Waals surface area contributed by atoms with Gasteiger partial charge in [0.1, 0.15) is 0 Å². The number of aliphatic hydroxyl groups excluding tert-OH is 1. The van der Waals surface area contributed by atoms with Crippen molar-refractivity contribution in [2.24, 2.45) is 5.92 Å². The Morgan fingerprint density at radius 2 is 1.86 bits per heavy atom. The molecular formula is C11H24O3. The van der Waals surface area contributed by atoms with Crippen LogP contribution >= 0.6 is 0 Å². The van der Waals surface area contributed by atoms with Gasteiger partial charge in [-0.05, 0) is 13.8 Å². The lowest BCUT2D eigenvalue weighted by Crippen LogP contribution is -2.50. The highest BCUT2D eigenvalue weighted by molar-refractivity contribution is 4.89. The van der Waals surface area contributed by atoms with E-state index in [0.717, 1.165) is 0 Å². The van der Waals surface area contributed by atoms with Crippen molar-refractivity contribution in [1.82, 2.24) is 0 Å². The highest BCUT2D eigenvalue weighted by Gasteiger charge is 2.42. The zero-order valence-corrected chi connectivity index (χ0v) is 10.2. The maximum absolute atomic E-state index is 9.36. The molecule has 1 fully saturated rings. The van der Waals surface area contributed by atoms with Crippen molar-refractivity contribution < 1.29 is 14.6 Å². The molecule has 0 aromatic heterocycles. The highest BCUT2D eigenvalue weighted by Crippen LogP contribution is 2.35. The van der Waals surface area contributed by atoms with E-state index in [0.29, 0.717) is 12.3 Å². The molecule has 86 valence electrons. The molecule has 1 rings (SSSR count). The van der Waals surface area contributed by atoms with Gasteiger partial charge in [0.15, 0.2) is 6.29 Å². The lowest BCUT2D eigenvalue weighted by Gasteiger charge is -2.44. The summed E-state index contributed by atoms with van der Waals surface area (Å²) in [6, 6.07) is 0. The number of hydrogen-bond acceptors (Lipinski definition) is 3. The van der Waals surface area contributed by atoms with E-state index in [4.69, 9.17) is 9.47 Å². The van der Waals surface area contributed by atoms with Gasteiger partial charge in [-0.2, -0.15) is 0 Å². The van der Waals surface area contributed by atoms with Gasteiger partial charge in [0, 0.05) is 19.4 Å². The van der Waals surface area contributed by atoms with Gasteiger partial charge in [-0.3, -0.25) is 0 Å². The normalized spacial score (nSPS) is 42.6. The smallest absolute Gasteiger partial charge is 0.157 e. The van der Waals surface area contributed by atoms with Crippen LogP contribution in [0.5, 0.6) is 0 Å². The summed E-state index contributed by atoms with van der Waals surface area (Å²) < 4.78 is 10.7. The zero-order chi connectivity index (χ0) is 11.4. The lowest BCUT2D eigenvalue weighted by molar-refractivity contribution is -0.241. The molecule has 0 bridgehead atoms. The average molecular weight is 204 g/mol. The molecule has 0 aliphatic carbocycles. The average Bonchev–Trinajstić information content (AvgIpc) is 2.17. The summed E-state index contributed by atoms with van der Waals surface area (Å²) in [7, 11) is 1.68. The van der Waals surface area contributed by atoms with Crippen molar-refractivity contribution in [3.05, 3.63) is 0 Å². The molecule has 0 aromatic carbocycles. The second kappa shape index (κ2) is 5.69. The van der Waals surface area contributed by atoms with Crippen molar-refractivity contribution in [3.8, 4) is 0 Å². The van der Waals surface area contributed by atoms with Crippen molar-refractivity contribution >= 4 is 0 Å². The summed E-state index contributed by atoms with van der Waals surface area (Å²) in [6.45, 7) is 10.1. The molecule has 0 aromatic rings. The first-order valence-corrected chi connectivity index (χ1v) is 5.38. The molecule has 14 heavy (non-hydrogen) atoms. The molecule has 4 atom stereocenters. The Morgan fingerprint density at radius 3 is 2.29 bits per heavy atom. The first-order valence-electron chi connectivity index (χ1n) is 5.38. The molecule has 1 heterocycles. The third kappa shape index (κ3) is 2.94. The summed E-state index contributed by atoms with van der Waals surface area (Å²) in [5.41, 5.74) is -0.253. The monoisotopic (exact) mass is 204 g/mol. The first-order chi connectivity index (χ1) is 6.49. The standard InChI is InChI=1S/C9H18O3.C2H6/c1-6-7(2)12-8(10)5-9(6,3)11-4;1-2/h6-8,10H,5H2,1-4H3;1-2H3/t6-,7?,8+,9+;/m0./s1. The van der Waals surface area contributed by atoms with Crippen LogP contribution in [0, 0.1) is 5.92 Å². The molecule has 3 heteroatoms. The predicted octanol–water partition coefficient (Wildman–Crippen LogP) is 2.18. The molecule has 1 aliphatic rings. The van der Waals surface area contributed by atoms with Crippen LogP contribution in [0.3, 0.4) is 0 Å². The molecule has 1 aliphatic heterocycles. The molecule has 0 spiro atoms. The maximum atomic E-state index is 9.36. The van der Waals surface area contributed by atoms with Crippen LogP contribution < -0.4 is 0 Å². The Balaban J connectivity index is 0.000000791. The first kappa shape index (κ1) is 13.9. The molecule has 0 amide bonds. The summed E-state index contributed by atoms with van der Waals surface area (Å²) in [5.74, 6) is 0.311. The Hall–Kier alpha value is -0.120. The van der Waals surface area contributed by atoms with Crippen molar-refractivity contribution in [1.29, 1.82) is 0 Å². The van der Waals surface area contributed by atoms with Gasteiger partial charge in [0.05, 0.1) is 11.7 Å². The van der Waals surface area contributed by atoms with E-state index in [9.17, 15) is 5.11 Å². The lowest BCUT2D eigenvalue weighted by atomic mass is 9.81. The quantitative estimate of drug-likeness (QED) is 0.711. The van der Waals surface area contributed by atoms with Gasteiger partial charge in [-0.15, -0.1) is 0 Å². The Labute approximate surface area is 87.4 Å². The van der Waals surface area contributed by atoms with E-state index in [1.807, 2.05) is 27.7 Å². The van der Waals surface area contributed by atoms with E-state index in [-0.39, 0.29) is 11.7 Å². The Morgan fingerprint density at radius 1 is 1.36 bits per heavy atom. The van der Waals surface area contributed by atoms with Gasteiger partial charge in [0.2, 0.25) is 0 Å². The summed E-state index contributed by atoms with van der Waals surface area (Å²) >= 11 is 0. The third-order valence-electron chi connectivity index (χ3n) is 3.09. The van der Waals surface area contributed by atoms with Crippen LogP contribution in [-0.2, 0) is 9.47 Å². The number of methoxy groups -OCH3 is 1. The largest absolute Gasteiger partial charge is 0.378 e. The van der Waals surface area contributed by atoms with E-state index >= 15 is 0 Å². The van der Waals surface area contributed by atoms with Crippen LogP contribution in [0.1, 0.15) is 41.0 Å². The molecular weight excluding hydrogens is 180 g/mol. The number of aliphatic hydroxyl groups is 1. The topological polar surface area (TPSA) is 38.7 Å². The van der Waals surface area contributed by atoms with E-state index < -0.39 is 6.29 Å². The SMILES string of the molecule is CC.CO[C@]1(C)C[C@H](O)OC(C)[C@@H]1C. The molecule has 1 N–H and O–H groups in total. The predicted molar refractivity (Wildman–Crippen MR) is 57.1 cm³/mol. The number of rotatable bonds is 1. The van der Waals surface area contributed by atoms with Crippen molar-refractivity contribution in [2.75, 3.05) is 7.11 Å². The molecule has 0 saturated carbocycles. The summed E-state index contributed by atoms with van der Waals surface area (Å²) in [6.07, 6.45) is -0.0745. The molecule has 3 nitrogen and oxygen atoms in total. The number of ether oxygens (including phenoxy) is 2. The molecule has 1 unspecified atom stereocenters. The molecule has 0 radical (unpaired) electrons. The fraction of sp³-hybridized carbons (Fsp3) is 1.00. The van der Waals surface area contributed by atoms with E-state index in [2.05, 4.69) is 6.92 Å². The minimum Gasteiger partial charge on any atom is -0.378 e. The van der Waals surface area contributed by atoms with E-state index in [1.54, 1.807) is 7.11 Å². The fourth-order valence-electron chi connectivity index (χ4n) is 1.71. The fourth-order valence-corrected chi connectivity index (χ4v) is 1.71.